The Kier molecular flexibility index (Phi) is 8.97. The minimum atomic E-state index is -3.77. The first-order valence-corrected chi connectivity index (χ1v) is 15.0. The monoisotopic (exact) mass is 588 g/mol. The Morgan fingerprint density at radius 3 is 2.46 bits per heavy atom. The van der Waals surface area contributed by atoms with Crippen molar-refractivity contribution in [1.82, 2.24) is 19.2 Å². The van der Waals surface area contributed by atoms with Gasteiger partial charge in [-0.15, -0.1) is 0 Å². The van der Waals surface area contributed by atoms with Gasteiger partial charge in [0, 0.05) is 45.5 Å². The van der Waals surface area contributed by atoms with Crippen LogP contribution in [0.5, 0.6) is 17.2 Å². The second kappa shape index (κ2) is 12.6. The van der Waals surface area contributed by atoms with E-state index in [2.05, 4.69) is 10.6 Å². The Hall–Kier alpha value is -3.39. The molecule has 4 aliphatic rings. The lowest BCUT2D eigenvalue weighted by Crippen LogP contribution is -2.48. The Labute approximate surface area is 240 Å². The van der Waals surface area contributed by atoms with Gasteiger partial charge in [0.2, 0.25) is 0 Å². The number of piperidine rings is 1. The molecule has 0 saturated carbocycles. The van der Waals surface area contributed by atoms with Crippen LogP contribution in [-0.2, 0) is 26.3 Å². The van der Waals surface area contributed by atoms with Gasteiger partial charge in [0.05, 0.1) is 19.7 Å². The maximum atomic E-state index is 13.6. The summed E-state index contributed by atoms with van der Waals surface area (Å²) in [6.45, 7) is 1.63. The summed E-state index contributed by atoms with van der Waals surface area (Å²) in [6.07, 6.45) is 0.834. The van der Waals surface area contributed by atoms with Crippen LogP contribution in [0.2, 0.25) is 0 Å². The maximum absolute atomic E-state index is 13.6. The normalized spacial score (nSPS) is 23.1. The molecule has 2 N–H and O–H groups in total. The van der Waals surface area contributed by atoms with E-state index in [1.807, 2.05) is 12.1 Å². The molecule has 12 nitrogen and oxygen atoms in total. The van der Waals surface area contributed by atoms with Gasteiger partial charge in [-0.1, -0.05) is 12.1 Å². The molecule has 4 bridgehead atoms. The molecule has 0 spiro atoms. The third-order valence-corrected chi connectivity index (χ3v) is 9.63. The van der Waals surface area contributed by atoms with Gasteiger partial charge < -0.3 is 29.6 Å². The highest BCUT2D eigenvalue weighted by molar-refractivity contribution is 7.86. The van der Waals surface area contributed by atoms with Crippen LogP contribution in [0.1, 0.15) is 28.8 Å². The summed E-state index contributed by atoms with van der Waals surface area (Å²) in [5, 5.41) is 5.77. The SMILES string of the molecule is COCC1CCN(S(=O)(=O)N2C[C@@H]3NC(=O)c4ccc(OC)c(c4)OCC(=O)NCc4ccc(cc4)O[C@H]3C2)CC1. The molecule has 2 aromatic rings. The lowest BCUT2D eigenvalue weighted by molar-refractivity contribution is -0.123. The molecule has 6 rings (SSSR count). The van der Waals surface area contributed by atoms with Gasteiger partial charge in [-0.25, -0.2) is 0 Å². The molecule has 0 aliphatic carbocycles. The Balaban J connectivity index is 1.40. The Morgan fingerprint density at radius 1 is 1.00 bits per heavy atom. The summed E-state index contributed by atoms with van der Waals surface area (Å²) in [5.41, 5.74) is 1.13. The molecular weight excluding hydrogens is 552 g/mol. The van der Waals surface area contributed by atoms with Crippen LogP contribution in [0.25, 0.3) is 0 Å². The highest BCUT2D eigenvalue weighted by atomic mass is 32.2. The first kappa shape index (κ1) is 29.1. The predicted octanol–water partition coefficient (Wildman–Crippen LogP) is 1.17. The van der Waals surface area contributed by atoms with Crippen molar-refractivity contribution in [2.45, 2.75) is 31.5 Å². The molecule has 222 valence electrons. The van der Waals surface area contributed by atoms with Crippen LogP contribution in [-0.4, -0.2) is 94.6 Å². The molecule has 2 fully saturated rings. The standard InChI is InChI=1S/C28H36N4O8S/c1-37-17-20-9-11-31(12-10-20)41(35,36)32-15-23-26(16-32)40-22-6-3-19(4-7-22)14-29-27(33)18-39-25-13-21(28(34)30-23)5-8-24(25)38-2/h3-8,13,20,23,26H,9-12,14-18H2,1-2H3,(H,29,33)(H,30,34)/t23-,26-/m0/s1. The van der Waals surface area contributed by atoms with Crippen LogP contribution in [0.4, 0.5) is 0 Å². The van der Waals surface area contributed by atoms with E-state index in [1.165, 1.54) is 21.8 Å². The molecule has 2 aromatic carbocycles. The number of methoxy groups -OCH3 is 2. The van der Waals surface area contributed by atoms with E-state index in [1.54, 1.807) is 31.4 Å². The molecule has 0 aromatic heterocycles. The van der Waals surface area contributed by atoms with E-state index in [4.69, 9.17) is 18.9 Å². The number of hydrogen-bond donors (Lipinski definition) is 2. The molecule has 0 radical (unpaired) electrons. The second-order valence-corrected chi connectivity index (χ2v) is 12.4. The number of carbonyl (C=O) groups excluding carboxylic acids is 2. The maximum Gasteiger partial charge on any atom is 0.282 e. The van der Waals surface area contributed by atoms with Crippen molar-refractivity contribution >= 4 is 22.0 Å². The third kappa shape index (κ3) is 6.75. The fraction of sp³-hybridized carbons (Fsp3) is 0.500. The van der Waals surface area contributed by atoms with Crippen molar-refractivity contribution in [3.8, 4) is 17.2 Å². The van der Waals surface area contributed by atoms with E-state index in [0.29, 0.717) is 43.7 Å². The summed E-state index contributed by atoms with van der Waals surface area (Å²) >= 11 is 0. The van der Waals surface area contributed by atoms with E-state index in [9.17, 15) is 18.0 Å². The van der Waals surface area contributed by atoms with Crippen molar-refractivity contribution in [3.63, 3.8) is 0 Å². The number of ether oxygens (including phenoxy) is 4. The van der Waals surface area contributed by atoms with Crippen molar-refractivity contribution in [1.29, 1.82) is 0 Å². The average molecular weight is 589 g/mol. The van der Waals surface area contributed by atoms with E-state index >= 15 is 0 Å². The van der Waals surface area contributed by atoms with Gasteiger partial charge in [0.25, 0.3) is 22.0 Å². The van der Waals surface area contributed by atoms with Crippen LogP contribution in [0.15, 0.2) is 42.5 Å². The smallest absolute Gasteiger partial charge is 0.282 e. The zero-order valence-electron chi connectivity index (χ0n) is 23.2. The number of fused-ring (bicyclic) bond motifs is 7. The first-order valence-electron chi connectivity index (χ1n) is 13.6. The summed E-state index contributed by atoms with van der Waals surface area (Å²) in [4.78, 5) is 25.7. The highest BCUT2D eigenvalue weighted by Gasteiger charge is 2.44. The van der Waals surface area contributed by atoms with Gasteiger partial charge in [0.1, 0.15) is 11.9 Å². The molecule has 2 amide bonds. The van der Waals surface area contributed by atoms with E-state index in [0.717, 1.165) is 18.4 Å². The quantitative estimate of drug-likeness (QED) is 0.532. The van der Waals surface area contributed by atoms with Crippen LogP contribution < -0.4 is 24.8 Å². The number of rotatable bonds is 5. The van der Waals surface area contributed by atoms with E-state index < -0.39 is 28.3 Å². The summed E-state index contributed by atoms with van der Waals surface area (Å²) < 4.78 is 52.7. The second-order valence-electron chi connectivity index (χ2n) is 10.4. The van der Waals surface area contributed by atoms with Crippen LogP contribution >= 0.6 is 0 Å². The molecular formula is C28H36N4O8S. The Morgan fingerprint density at radius 2 is 1.76 bits per heavy atom. The lowest BCUT2D eigenvalue weighted by atomic mass is 9.99. The Bertz CT molecular complexity index is 1350. The van der Waals surface area contributed by atoms with Crippen molar-refractivity contribution in [2.24, 2.45) is 5.92 Å². The average Bonchev–Trinajstić information content (AvgIpc) is 3.38. The lowest BCUT2D eigenvalue weighted by Gasteiger charge is -2.33. The molecule has 0 unspecified atom stereocenters. The zero-order chi connectivity index (χ0) is 29.0. The number of amides is 2. The van der Waals surface area contributed by atoms with Crippen molar-refractivity contribution in [3.05, 3.63) is 53.6 Å². The fourth-order valence-electron chi connectivity index (χ4n) is 5.33. The largest absolute Gasteiger partial charge is 0.493 e. The predicted molar refractivity (Wildman–Crippen MR) is 149 cm³/mol. The van der Waals surface area contributed by atoms with Gasteiger partial charge in [-0.3, -0.25) is 9.59 Å². The fourth-order valence-corrected chi connectivity index (χ4v) is 7.01. The van der Waals surface area contributed by atoms with Gasteiger partial charge >= 0.3 is 0 Å². The molecule has 2 saturated heterocycles. The minimum Gasteiger partial charge on any atom is -0.493 e. The number of benzene rings is 2. The van der Waals surface area contributed by atoms with Gasteiger partial charge in [0.15, 0.2) is 18.1 Å². The number of nitrogens with one attached hydrogen (secondary N) is 2. The van der Waals surface area contributed by atoms with Crippen LogP contribution in [0.3, 0.4) is 0 Å². The zero-order valence-corrected chi connectivity index (χ0v) is 24.0. The number of carbonyl (C=O) groups is 2. The topological polar surface area (TPSA) is 136 Å². The van der Waals surface area contributed by atoms with Gasteiger partial charge in [-0.05, 0) is 54.7 Å². The minimum absolute atomic E-state index is 0.0623. The molecule has 41 heavy (non-hydrogen) atoms. The number of nitrogens with zero attached hydrogens (tertiary/aromatic N) is 2. The molecule has 4 heterocycles. The summed E-state index contributed by atoms with van der Waals surface area (Å²) in [5.74, 6) is 0.719. The van der Waals surface area contributed by atoms with Crippen molar-refractivity contribution in [2.75, 3.05) is 53.6 Å². The highest BCUT2D eigenvalue weighted by Crippen LogP contribution is 2.30. The summed E-state index contributed by atoms with van der Waals surface area (Å²) in [6, 6.07) is 11.2. The summed E-state index contributed by atoms with van der Waals surface area (Å²) in [7, 11) is -0.649. The molecule has 4 aliphatic heterocycles. The molecule has 2 atom stereocenters. The van der Waals surface area contributed by atoms with Gasteiger partial charge in [-0.2, -0.15) is 17.0 Å². The number of hydrogen-bond acceptors (Lipinski definition) is 8. The third-order valence-electron chi connectivity index (χ3n) is 7.66. The van der Waals surface area contributed by atoms with E-state index in [-0.39, 0.29) is 36.9 Å². The van der Waals surface area contributed by atoms with Crippen LogP contribution in [0, 0.1) is 5.92 Å². The first-order chi connectivity index (χ1) is 19.8. The molecule has 13 heteroatoms. The van der Waals surface area contributed by atoms with Crippen molar-refractivity contribution < 1.29 is 37.0 Å².